The maximum atomic E-state index is 12.6. The van der Waals surface area contributed by atoms with Gasteiger partial charge in [-0.3, -0.25) is 9.37 Å². The van der Waals surface area contributed by atoms with Gasteiger partial charge in [0.1, 0.15) is 0 Å². The fourth-order valence-electron chi connectivity index (χ4n) is 4.79. The van der Waals surface area contributed by atoms with Crippen molar-refractivity contribution in [3.05, 3.63) is 169 Å². The Balaban J connectivity index is 0.000000230. The van der Waals surface area contributed by atoms with E-state index >= 15 is 0 Å². The summed E-state index contributed by atoms with van der Waals surface area (Å²) < 4.78 is 12.6. The van der Waals surface area contributed by atoms with Gasteiger partial charge in [-0.1, -0.05) is 102 Å². The van der Waals surface area contributed by atoms with Gasteiger partial charge in [-0.15, -0.1) is 53.4 Å². The van der Waals surface area contributed by atoms with E-state index in [4.69, 9.17) is 0 Å². The molecule has 0 unspecified atom stereocenters. The molecule has 2 aromatic heterocycles. The van der Waals surface area contributed by atoms with Crippen molar-refractivity contribution >= 4 is 10.8 Å². The normalized spacial score (nSPS) is 10.2. The first-order chi connectivity index (χ1) is 21.2. The van der Waals surface area contributed by atoms with Crippen LogP contribution in [0, 0.1) is 29.3 Å². The molecule has 0 bridgehead atoms. The largest absolute Gasteiger partial charge is 0.305 e. The van der Waals surface area contributed by atoms with Crippen molar-refractivity contribution < 1.29 is 24.5 Å². The molecule has 0 saturated heterocycles. The molecule has 0 aliphatic rings. The van der Waals surface area contributed by atoms with Crippen molar-refractivity contribution in [3.8, 4) is 50.8 Å². The quantitative estimate of drug-likeness (QED) is 0.169. The Kier molecular flexibility index (Phi) is 9.79. The minimum Gasteiger partial charge on any atom is -0.305 e. The maximum Gasteiger partial charge on any atom is 0.0834 e. The van der Waals surface area contributed by atoms with E-state index in [2.05, 4.69) is 70.6 Å². The van der Waals surface area contributed by atoms with Crippen LogP contribution < -0.4 is 0 Å². The summed E-state index contributed by atoms with van der Waals surface area (Å²) in [5, 5.41) is 11.4. The maximum absolute atomic E-state index is 12.6. The number of hydrogen-bond donors (Lipinski definition) is 0. The average molecular weight is 746 g/mol. The zero-order chi connectivity index (χ0) is 29.4. The fourth-order valence-corrected chi connectivity index (χ4v) is 4.79. The van der Waals surface area contributed by atoms with Gasteiger partial charge < -0.3 is 4.98 Å². The molecule has 5 aromatic carbocycles. The molecule has 213 valence electrons. The van der Waals surface area contributed by atoms with Gasteiger partial charge in [0.2, 0.25) is 0 Å². The molecule has 1 radical (unpaired) electrons. The Morgan fingerprint density at radius 3 is 1.98 bits per heavy atom. The number of rotatable bonds is 4. The van der Waals surface area contributed by atoms with Gasteiger partial charge in [0, 0.05) is 44.0 Å². The summed E-state index contributed by atoms with van der Waals surface area (Å²) in [4.78, 5) is 8.67. The molecule has 0 aliphatic heterocycles. The smallest absolute Gasteiger partial charge is 0.0834 e. The molecule has 7 rings (SSSR count). The van der Waals surface area contributed by atoms with E-state index in [0.29, 0.717) is 5.56 Å². The zero-order valence-electron chi connectivity index (χ0n) is 23.4. The SMILES string of the molecule is Fc1c[c-]c(-c2ccccn2)cc1.N#Cc1cc(-c2cc(-c3ccc(-c4ccccc4)cc3)ccn2)[c-]c2ccccc12.[Ir]. The Labute approximate surface area is 269 Å². The van der Waals surface area contributed by atoms with Crippen molar-refractivity contribution in [3.63, 3.8) is 0 Å². The number of aromatic nitrogens is 2. The summed E-state index contributed by atoms with van der Waals surface area (Å²) in [5.74, 6) is -0.278. The molecule has 3 nitrogen and oxygen atoms in total. The van der Waals surface area contributed by atoms with Crippen LogP contribution in [0.3, 0.4) is 0 Å². The molecule has 0 spiro atoms. The summed E-state index contributed by atoms with van der Waals surface area (Å²) in [6.07, 6.45) is 3.51. The number of fused-ring (bicyclic) bond motifs is 1. The number of halogens is 1. The van der Waals surface area contributed by atoms with Gasteiger partial charge >= 0.3 is 0 Å². The molecule has 0 saturated carbocycles. The molecule has 0 aliphatic carbocycles. The van der Waals surface area contributed by atoms with Gasteiger partial charge in [0.05, 0.1) is 6.07 Å². The Morgan fingerprint density at radius 1 is 0.591 bits per heavy atom. The monoisotopic (exact) mass is 746 g/mol. The zero-order valence-corrected chi connectivity index (χ0v) is 25.8. The van der Waals surface area contributed by atoms with Crippen LogP contribution >= 0.6 is 0 Å². The molecule has 7 aromatic rings. The summed E-state index contributed by atoms with van der Waals surface area (Å²) in [7, 11) is 0. The number of benzene rings is 5. The van der Waals surface area contributed by atoms with Crippen molar-refractivity contribution in [2.75, 3.05) is 0 Å². The van der Waals surface area contributed by atoms with Gasteiger partial charge in [-0.2, -0.15) is 5.26 Å². The summed E-state index contributed by atoms with van der Waals surface area (Å²) >= 11 is 0. The van der Waals surface area contributed by atoms with Crippen LogP contribution in [0.25, 0.3) is 55.5 Å². The van der Waals surface area contributed by atoms with E-state index in [-0.39, 0.29) is 25.9 Å². The van der Waals surface area contributed by atoms with Gasteiger partial charge in [-0.25, -0.2) is 0 Å². The second-order valence-electron chi connectivity index (χ2n) is 9.76. The third-order valence-corrected chi connectivity index (χ3v) is 6.97. The molecule has 0 N–H and O–H groups in total. The molecule has 5 heteroatoms. The first kappa shape index (κ1) is 30.2. The van der Waals surface area contributed by atoms with Crippen molar-refractivity contribution in [1.82, 2.24) is 9.97 Å². The third kappa shape index (κ3) is 7.02. The Bertz CT molecular complexity index is 2020. The third-order valence-electron chi connectivity index (χ3n) is 6.97. The molecule has 0 atom stereocenters. The van der Waals surface area contributed by atoms with E-state index in [1.807, 2.05) is 79.0 Å². The van der Waals surface area contributed by atoms with Crippen LogP contribution in [0.1, 0.15) is 5.56 Å². The fraction of sp³-hybridized carbons (Fsp3) is 0. The molecule has 0 fully saturated rings. The summed E-state index contributed by atoms with van der Waals surface area (Å²) in [5.41, 5.74) is 8.49. The Morgan fingerprint density at radius 2 is 1.27 bits per heavy atom. The number of nitriles is 1. The van der Waals surface area contributed by atoms with Crippen LogP contribution in [0.5, 0.6) is 0 Å². The van der Waals surface area contributed by atoms with Gasteiger partial charge in [-0.05, 0) is 45.6 Å². The summed E-state index contributed by atoms with van der Waals surface area (Å²) in [6.45, 7) is 0. The second kappa shape index (κ2) is 14.3. The van der Waals surface area contributed by atoms with Crippen molar-refractivity contribution in [2.24, 2.45) is 0 Å². The van der Waals surface area contributed by atoms with Crippen LogP contribution in [-0.4, -0.2) is 9.97 Å². The minimum absolute atomic E-state index is 0. The Hall–Kier alpha value is -5.27. The van der Waals surface area contributed by atoms with Crippen LogP contribution in [-0.2, 0) is 20.1 Å². The standard InChI is InChI=1S/C28H17N2.C11H7FN.Ir/c29-19-26-17-25(16-24-8-4-5-9-27(24)26)28-18-23(14-15-30-28)22-12-10-21(11-13-22)20-6-2-1-3-7-20;12-10-6-4-9(5-7-10)11-3-1-2-8-13-11;/h1-15,17-18H;1-4,6-8H;/q2*-1;. The number of nitrogens with zero attached hydrogens (tertiary/aromatic N) is 3. The number of hydrogen-bond acceptors (Lipinski definition) is 3. The van der Waals surface area contributed by atoms with E-state index in [9.17, 15) is 9.65 Å². The van der Waals surface area contributed by atoms with Gasteiger partial charge in [0.25, 0.3) is 0 Å². The first-order valence-corrected chi connectivity index (χ1v) is 13.7. The first-order valence-electron chi connectivity index (χ1n) is 13.7. The predicted molar refractivity (Wildman–Crippen MR) is 170 cm³/mol. The molecular weight excluding hydrogens is 722 g/mol. The van der Waals surface area contributed by atoms with E-state index < -0.39 is 0 Å². The molecule has 2 heterocycles. The van der Waals surface area contributed by atoms with Crippen LogP contribution in [0.4, 0.5) is 4.39 Å². The average Bonchev–Trinajstić information content (AvgIpc) is 3.09. The molecule has 44 heavy (non-hydrogen) atoms. The topological polar surface area (TPSA) is 49.6 Å². The summed E-state index contributed by atoms with van der Waals surface area (Å²) in [6, 6.07) is 51.2. The van der Waals surface area contributed by atoms with E-state index in [1.165, 1.54) is 23.3 Å². The van der Waals surface area contributed by atoms with Crippen LogP contribution in [0.15, 0.2) is 146 Å². The molecular formula is C39H24FIrN3-2. The minimum atomic E-state index is -0.278. The molecule has 0 amide bonds. The second-order valence-corrected chi connectivity index (χ2v) is 9.76. The van der Waals surface area contributed by atoms with Crippen molar-refractivity contribution in [2.45, 2.75) is 0 Å². The predicted octanol–water partition coefficient (Wildman–Crippen LogP) is 9.59. The van der Waals surface area contributed by atoms with E-state index in [1.54, 1.807) is 12.3 Å². The van der Waals surface area contributed by atoms with Crippen molar-refractivity contribution in [1.29, 1.82) is 5.26 Å². The number of pyridine rings is 2. The van der Waals surface area contributed by atoms with Gasteiger partial charge in [0.15, 0.2) is 0 Å². The van der Waals surface area contributed by atoms with Crippen LogP contribution in [0.2, 0.25) is 0 Å². The van der Waals surface area contributed by atoms with E-state index in [0.717, 1.165) is 44.4 Å².